The van der Waals surface area contributed by atoms with Crippen molar-refractivity contribution in [3.8, 4) is 5.75 Å². The summed E-state index contributed by atoms with van der Waals surface area (Å²) >= 11 is 1.28. The molecule has 0 saturated heterocycles. The highest BCUT2D eigenvalue weighted by molar-refractivity contribution is 8.27. The summed E-state index contributed by atoms with van der Waals surface area (Å²) in [4.78, 5) is 16.8. The molecule has 0 unspecified atom stereocenters. The van der Waals surface area contributed by atoms with E-state index in [2.05, 4.69) is 10.1 Å². The van der Waals surface area contributed by atoms with Crippen LogP contribution in [-0.4, -0.2) is 27.0 Å². The molecule has 2 aliphatic heterocycles. The van der Waals surface area contributed by atoms with E-state index in [1.165, 1.54) is 28.9 Å². The molecule has 1 amide bonds. The number of nitrogens with one attached hydrogen (secondary N) is 1. The molecule has 2 aliphatic rings. The lowest BCUT2D eigenvalue weighted by Crippen LogP contribution is -2.35. The summed E-state index contributed by atoms with van der Waals surface area (Å²) in [6, 6.07) is 21.2. The highest BCUT2D eigenvalue weighted by Crippen LogP contribution is 2.31. The van der Waals surface area contributed by atoms with Gasteiger partial charge in [0.25, 0.3) is 5.91 Å². The molecule has 2 heterocycles. The zero-order valence-electron chi connectivity index (χ0n) is 18.2. The molecule has 3 aromatic carbocycles. The summed E-state index contributed by atoms with van der Waals surface area (Å²) in [5, 5.41) is 15.5. The van der Waals surface area contributed by atoms with Gasteiger partial charge >= 0.3 is 0 Å². The number of rotatable bonds is 5. The minimum Gasteiger partial charge on any atom is -0.489 e. The van der Waals surface area contributed by atoms with Crippen LogP contribution in [0.1, 0.15) is 22.3 Å². The van der Waals surface area contributed by atoms with Crippen molar-refractivity contribution in [2.24, 2.45) is 10.1 Å². The Morgan fingerprint density at radius 1 is 1.03 bits per heavy atom. The second kappa shape index (κ2) is 9.07. The third kappa shape index (κ3) is 4.53. The van der Waals surface area contributed by atoms with Crippen LogP contribution >= 0.6 is 11.8 Å². The van der Waals surface area contributed by atoms with Crippen LogP contribution in [0.5, 0.6) is 5.75 Å². The Kier molecular flexibility index (Phi) is 5.81. The van der Waals surface area contributed by atoms with Gasteiger partial charge in [0.15, 0.2) is 5.84 Å². The van der Waals surface area contributed by atoms with E-state index < -0.39 is 5.91 Å². The van der Waals surface area contributed by atoms with Gasteiger partial charge < -0.3 is 4.74 Å². The largest absolute Gasteiger partial charge is 0.489 e. The first-order chi connectivity index (χ1) is 16.5. The van der Waals surface area contributed by atoms with Crippen LogP contribution in [0.4, 0.5) is 4.39 Å². The number of benzene rings is 3. The van der Waals surface area contributed by atoms with Gasteiger partial charge in [0.2, 0.25) is 5.17 Å². The normalized spacial score (nSPS) is 16.4. The number of hydrazone groups is 1. The summed E-state index contributed by atoms with van der Waals surface area (Å²) in [7, 11) is 0. The topological polar surface area (TPSA) is 78.1 Å². The van der Waals surface area contributed by atoms with Crippen LogP contribution in [0, 0.1) is 18.2 Å². The number of nitrogens with zero attached hydrogens (tertiary/aromatic N) is 3. The molecule has 0 saturated carbocycles. The Hall–Kier alpha value is -4.04. The molecule has 0 bridgehead atoms. The van der Waals surface area contributed by atoms with E-state index in [1.807, 2.05) is 31.2 Å². The van der Waals surface area contributed by atoms with Crippen LogP contribution in [0.15, 0.2) is 88.5 Å². The van der Waals surface area contributed by atoms with Crippen molar-refractivity contribution < 1.29 is 13.9 Å². The zero-order valence-corrected chi connectivity index (χ0v) is 19.0. The summed E-state index contributed by atoms with van der Waals surface area (Å²) in [5.41, 5.74) is 3.81. The van der Waals surface area contributed by atoms with E-state index in [1.54, 1.807) is 42.5 Å². The highest BCUT2D eigenvalue weighted by Gasteiger charge is 2.35. The fourth-order valence-electron chi connectivity index (χ4n) is 3.38. The fraction of sp³-hybridized carbons (Fsp3) is 0.0769. The molecular weight excluding hydrogens is 451 g/mol. The van der Waals surface area contributed by atoms with Crippen molar-refractivity contribution >= 4 is 39.8 Å². The van der Waals surface area contributed by atoms with Crippen LogP contribution in [0.3, 0.4) is 0 Å². The zero-order chi connectivity index (χ0) is 23.7. The van der Waals surface area contributed by atoms with Crippen molar-refractivity contribution in [3.05, 3.63) is 106 Å². The maximum absolute atomic E-state index is 13.0. The van der Waals surface area contributed by atoms with Crippen molar-refractivity contribution in [1.82, 2.24) is 5.01 Å². The number of aliphatic imine (C=N–C) groups is 1. The fourth-order valence-corrected chi connectivity index (χ4v) is 4.28. The van der Waals surface area contributed by atoms with Crippen LogP contribution < -0.4 is 4.74 Å². The van der Waals surface area contributed by atoms with Crippen molar-refractivity contribution in [3.63, 3.8) is 0 Å². The smallest absolute Gasteiger partial charge is 0.283 e. The third-order valence-electron chi connectivity index (χ3n) is 5.26. The van der Waals surface area contributed by atoms with Crippen LogP contribution in [0.2, 0.25) is 0 Å². The lowest BCUT2D eigenvalue weighted by molar-refractivity contribution is -0.114. The van der Waals surface area contributed by atoms with Gasteiger partial charge in [-0.05, 0) is 60.2 Å². The first-order valence-corrected chi connectivity index (χ1v) is 11.3. The molecule has 8 heteroatoms. The van der Waals surface area contributed by atoms with E-state index in [4.69, 9.17) is 10.1 Å². The van der Waals surface area contributed by atoms with Gasteiger partial charge in [0.05, 0.1) is 5.57 Å². The number of thioether (sulfide) groups is 1. The Labute approximate surface area is 200 Å². The molecule has 0 spiro atoms. The Bertz CT molecular complexity index is 1360. The SMILES string of the molecule is Cc1ccc(C2=NN3C(=N)/C(=C/c4ccc(OCc5ccc(F)cc5)cc4)C(=O)N=C3S2)cc1. The summed E-state index contributed by atoms with van der Waals surface area (Å²) < 4.78 is 18.8. The Balaban J connectivity index is 1.31. The summed E-state index contributed by atoms with van der Waals surface area (Å²) in [5.74, 6) is -0.132. The first-order valence-electron chi connectivity index (χ1n) is 10.5. The molecule has 0 fully saturated rings. The monoisotopic (exact) mass is 470 g/mol. The molecule has 0 atom stereocenters. The molecule has 6 nitrogen and oxygen atoms in total. The highest BCUT2D eigenvalue weighted by atomic mass is 32.2. The second-order valence-corrected chi connectivity index (χ2v) is 8.73. The molecule has 168 valence electrons. The van der Waals surface area contributed by atoms with E-state index in [0.717, 1.165) is 22.3 Å². The van der Waals surface area contributed by atoms with Gasteiger partial charge in [0, 0.05) is 5.56 Å². The van der Waals surface area contributed by atoms with E-state index in [9.17, 15) is 9.18 Å². The minimum atomic E-state index is -0.472. The number of amidine groups is 2. The van der Waals surface area contributed by atoms with Gasteiger partial charge in [-0.1, -0.05) is 54.1 Å². The van der Waals surface area contributed by atoms with Gasteiger partial charge in [-0.15, -0.1) is 0 Å². The average molecular weight is 471 g/mol. The number of hydrogen-bond acceptors (Lipinski definition) is 5. The van der Waals surface area contributed by atoms with Crippen molar-refractivity contribution in [2.75, 3.05) is 0 Å². The van der Waals surface area contributed by atoms with Gasteiger partial charge in [-0.2, -0.15) is 15.1 Å². The lowest BCUT2D eigenvalue weighted by Gasteiger charge is -2.20. The molecule has 0 aliphatic carbocycles. The summed E-state index contributed by atoms with van der Waals surface area (Å²) in [6.45, 7) is 2.33. The standard InChI is InChI=1S/C26H19FN4O2S/c1-16-2-8-19(9-3-16)25-30-31-23(28)22(24(32)29-26(31)34-25)14-17-6-12-21(13-7-17)33-15-18-4-10-20(27)11-5-18/h2-14,28H,15H2,1H3/b22-14-,28-23?. The molecule has 3 aromatic rings. The third-order valence-corrected chi connectivity index (χ3v) is 6.22. The van der Waals surface area contributed by atoms with E-state index >= 15 is 0 Å². The number of fused-ring (bicyclic) bond motifs is 1. The number of ether oxygens (including phenoxy) is 1. The second-order valence-electron chi connectivity index (χ2n) is 7.78. The van der Waals surface area contributed by atoms with Crippen LogP contribution in [0.25, 0.3) is 6.08 Å². The summed E-state index contributed by atoms with van der Waals surface area (Å²) in [6.07, 6.45) is 1.62. The Morgan fingerprint density at radius 2 is 1.74 bits per heavy atom. The van der Waals surface area contributed by atoms with Crippen molar-refractivity contribution in [2.45, 2.75) is 13.5 Å². The van der Waals surface area contributed by atoms with Crippen LogP contribution in [-0.2, 0) is 11.4 Å². The maximum atomic E-state index is 13.0. The first kappa shape index (κ1) is 21.8. The van der Waals surface area contributed by atoms with Gasteiger partial charge in [-0.3, -0.25) is 10.2 Å². The molecule has 34 heavy (non-hydrogen) atoms. The number of carbonyl (C=O) groups is 1. The van der Waals surface area contributed by atoms with Gasteiger partial charge in [-0.25, -0.2) is 4.39 Å². The number of aryl methyl sites for hydroxylation is 1. The Morgan fingerprint density at radius 3 is 2.44 bits per heavy atom. The van der Waals surface area contributed by atoms with E-state index in [0.29, 0.717) is 22.6 Å². The number of carbonyl (C=O) groups excluding carboxylic acids is 1. The molecular formula is C26H19FN4O2S. The molecule has 0 aromatic heterocycles. The number of hydrogen-bond donors (Lipinski definition) is 1. The van der Waals surface area contributed by atoms with E-state index in [-0.39, 0.29) is 17.2 Å². The quantitative estimate of drug-likeness (QED) is 0.508. The maximum Gasteiger partial charge on any atom is 0.283 e. The average Bonchev–Trinajstić information content (AvgIpc) is 3.27. The minimum absolute atomic E-state index is 0.0127. The number of amides is 1. The predicted molar refractivity (Wildman–Crippen MR) is 132 cm³/mol. The van der Waals surface area contributed by atoms with Crippen molar-refractivity contribution in [1.29, 1.82) is 5.41 Å². The molecule has 1 N–H and O–H groups in total. The van der Waals surface area contributed by atoms with Gasteiger partial charge in [0.1, 0.15) is 23.2 Å². The number of halogens is 1. The molecule has 5 rings (SSSR count). The molecule has 0 radical (unpaired) electrons. The predicted octanol–water partition coefficient (Wildman–Crippen LogP) is 5.38. The lowest BCUT2D eigenvalue weighted by atomic mass is 10.1.